The van der Waals surface area contributed by atoms with E-state index in [-0.39, 0.29) is 23.7 Å². The second-order valence-electron chi connectivity index (χ2n) is 13.5. The lowest BCUT2D eigenvalue weighted by Crippen LogP contribution is -2.39. The molecule has 0 radical (unpaired) electrons. The van der Waals surface area contributed by atoms with Gasteiger partial charge in [0.05, 0.1) is 6.54 Å². The number of carbonyl (C=O) groups is 4. The van der Waals surface area contributed by atoms with Crippen LogP contribution < -0.4 is 10.6 Å². The summed E-state index contributed by atoms with van der Waals surface area (Å²) in [5, 5.41) is 15.0. The number of carboxylic acid groups (broad SMARTS) is 1. The summed E-state index contributed by atoms with van der Waals surface area (Å²) in [6.45, 7) is 21.2. The Hall–Kier alpha value is -2.40. The first-order chi connectivity index (χ1) is 18.8. The Morgan fingerprint density at radius 3 is 1.76 bits per heavy atom. The number of aliphatic carboxylic acids is 1. The van der Waals surface area contributed by atoms with Crippen LogP contribution in [-0.2, 0) is 19.1 Å². The van der Waals surface area contributed by atoms with Crippen molar-refractivity contribution in [3.8, 4) is 0 Å². The van der Waals surface area contributed by atoms with E-state index in [0.29, 0.717) is 65.1 Å². The van der Waals surface area contributed by atoms with E-state index in [2.05, 4.69) is 15.5 Å². The summed E-state index contributed by atoms with van der Waals surface area (Å²) in [7, 11) is 0. The van der Waals surface area contributed by atoms with Gasteiger partial charge in [0, 0.05) is 31.5 Å². The number of hydrogen-bond acceptors (Lipinski definition) is 8. The van der Waals surface area contributed by atoms with Gasteiger partial charge >= 0.3 is 18.2 Å². The third kappa shape index (κ3) is 22.9. The number of Topliss-reactive ketones (excluding diaryl/α,β-unsaturated/α-hetero) is 1. The van der Waals surface area contributed by atoms with Gasteiger partial charge in [-0.2, -0.15) is 0 Å². The number of rotatable bonds is 19. The van der Waals surface area contributed by atoms with Crippen LogP contribution in [0.2, 0.25) is 0 Å². The second-order valence-corrected chi connectivity index (χ2v) is 13.5. The Labute approximate surface area is 248 Å². The number of nitrogens with zero attached hydrogens (tertiary/aromatic N) is 2. The van der Waals surface area contributed by atoms with Gasteiger partial charge in [-0.15, -0.1) is 0 Å². The van der Waals surface area contributed by atoms with Crippen LogP contribution in [0.1, 0.15) is 101 Å². The van der Waals surface area contributed by atoms with Gasteiger partial charge in [-0.1, -0.05) is 20.8 Å². The van der Waals surface area contributed by atoms with Crippen molar-refractivity contribution in [3.05, 3.63) is 0 Å². The smallest absolute Gasteiger partial charge is 0.410 e. The standard InChI is InChI=1S/C30H58N4O7/c1-28(2,3)24(35)23-31-16-13-22-34(27(39)41-30(7,8)9)21-11-10-18-33(19-12-15-25(36)37)20-14-17-32-26(38)40-29(4,5)6/h31H,10-23H2,1-9H3,(H,32,38)(H,36,37). The summed E-state index contributed by atoms with van der Waals surface area (Å²) in [6, 6.07) is 0. The molecule has 0 aliphatic rings. The molecule has 240 valence electrons. The summed E-state index contributed by atoms with van der Waals surface area (Å²) in [5.41, 5.74) is -1.53. The van der Waals surface area contributed by atoms with Crippen LogP contribution in [0.15, 0.2) is 0 Å². The fourth-order valence-corrected chi connectivity index (χ4v) is 3.72. The third-order valence-electron chi connectivity index (χ3n) is 5.89. The summed E-state index contributed by atoms with van der Waals surface area (Å²) in [6.07, 6.45) is 2.84. The highest BCUT2D eigenvalue weighted by molar-refractivity contribution is 5.85. The van der Waals surface area contributed by atoms with Crippen molar-refractivity contribution < 1.29 is 33.8 Å². The SMILES string of the molecule is CC(C)(C)OC(=O)NCCCN(CCCCN(CCCNCC(=O)C(C)(C)C)C(=O)OC(C)(C)C)CCCC(=O)O. The summed E-state index contributed by atoms with van der Waals surface area (Å²) < 4.78 is 10.9. The van der Waals surface area contributed by atoms with Crippen molar-refractivity contribution in [1.82, 2.24) is 20.4 Å². The van der Waals surface area contributed by atoms with E-state index in [1.165, 1.54) is 0 Å². The number of amides is 2. The minimum absolute atomic E-state index is 0.106. The van der Waals surface area contributed by atoms with Gasteiger partial charge < -0.3 is 35.0 Å². The Morgan fingerprint density at radius 2 is 1.20 bits per heavy atom. The molecule has 2 amide bonds. The van der Waals surface area contributed by atoms with Crippen LogP contribution in [0, 0.1) is 5.41 Å². The number of nitrogens with one attached hydrogen (secondary N) is 2. The first kappa shape index (κ1) is 38.6. The number of ether oxygens (including phenoxy) is 2. The molecule has 0 unspecified atom stereocenters. The van der Waals surface area contributed by atoms with Crippen LogP contribution in [0.5, 0.6) is 0 Å². The molecule has 0 fully saturated rings. The van der Waals surface area contributed by atoms with E-state index in [9.17, 15) is 19.2 Å². The van der Waals surface area contributed by atoms with Gasteiger partial charge in [-0.05, 0) is 99.8 Å². The average molecular weight is 587 g/mol. The van der Waals surface area contributed by atoms with Crippen molar-refractivity contribution in [2.24, 2.45) is 5.41 Å². The molecule has 41 heavy (non-hydrogen) atoms. The monoisotopic (exact) mass is 586 g/mol. The predicted octanol–water partition coefficient (Wildman–Crippen LogP) is 4.68. The number of carbonyl (C=O) groups excluding carboxylic acids is 3. The maximum absolute atomic E-state index is 12.8. The molecule has 11 heteroatoms. The van der Waals surface area contributed by atoms with Gasteiger partial charge in [0.25, 0.3) is 0 Å². The maximum atomic E-state index is 12.8. The van der Waals surface area contributed by atoms with Gasteiger partial charge in [0.1, 0.15) is 11.2 Å². The van der Waals surface area contributed by atoms with Crippen LogP contribution in [0.3, 0.4) is 0 Å². The second kappa shape index (κ2) is 18.9. The lowest BCUT2D eigenvalue weighted by molar-refractivity contribution is -0.137. The highest BCUT2D eigenvalue weighted by Crippen LogP contribution is 2.14. The third-order valence-corrected chi connectivity index (χ3v) is 5.89. The molecular weight excluding hydrogens is 528 g/mol. The van der Waals surface area contributed by atoms with Crippen molar-refractivity contribution >= 4 is 23.9 Å². The Bertz CT molecular complexity index is 798. The average Bonchev–Trinajstić information content (AvgIpc) is 2.79. The quantitative estimate of drug-likeness (QED) is 0.184. The van der Waals surface area contributed by atoms with Gasteiger partial charge in [-0.3, -0.25) is 9.59 Å². The molecule has 0 aromatic carbocycles. The lowest BCUT2D eigenvalue weighted by atomic mass is 9.91. The molecule has 0 rings (SSSR count). The topological polar surface area (TPSA) is 138 Å². The Balaban J connectivity index is 4.79. The summed E-state index contributed by atoms with van der Waals surface area (Å²) in [5.74, 6) is -0.670. The molecule has 0 spiro atoms. The fourth-order valence-electron chi connectivity index (χ4n) is 3.72. The zero-order chi connectivity index (χ0) is 31.7. The fraction of sp³-hybridized carbons (Fsp3) is 0.867. The highest BCUT2D eigenvalue weighted by atomic mass is 16.6. The zero-order valence-electron chi connectivity index (χ0n) is 27.2. The molecule has 0 heterocycles. The minimum Gasteiger partial charge on any atom is -0.481 e. The molecular formula is C30H58N4O7. The summed E-state index contributed by atoms with van der Waals surface area (Å²) >= 11 is 0. The largest absolute Gasteiger partial charge is 0.481 e. The number of unbranched alkanes of at least 4 members (excludes halogenated alkanes) is 1. The number of ketones is 1. The summed E-state index contributed by atoms with van der Waals surface area (Å²) in [4.78, 5) is 51.7. The van der Waals surface area contributed by atoms with Crippen molar-refractivity contribution in [3.63, 3.8) is 0 Å². The molecule has 0 aliphatic carbocycles. The van der Waals surface area contributed by atoms with Crippen molar-refractivity contribution in [1.29, 1.82) is 0 Å². The maximum Gasteiger partial charge on any atom is 0.410 e. The van der Waals surface area contributed by atoms with E-state index in [4.69, 9.17) is 14.6 Å². The van der Waals surface area contributed by atoms with Crippen LogP contribution in [0.4, 0.5) is 9.59 Å². The lowest BCUT2D eigenvalue weighted by Gasteiger charge is -2.28. The molecule has 11 nitrogen and oxygen atoms in total. The number of alkyl carbamates (subject to hydrolysis) is 1. The first-order valence-corrected chi connectivity index (χ1v) is 14.9. The molecule has 0 aliphatic heterocycles. The number of hydrogen-bond donors (Lipinski definition) is 3. The molecule has 0 aromatic heterocycles. The Kier molecular flexibility index (Phi) is 17.8. The van der Waals surface area contributed by atoms with E-state index in [1.54, 1.807) is 4.90 Å². The van der Waals surface area contributed by atoms with E-state index < -0.39 is 23.3 Å². The van der Waals surface area contributed by atoms with Crippen molar-refractivity contribution in [2.45, 2.75) is 112 Å². The van der Waals surface area contributed by atoms with Crippen molar-refractivity contribution in [2.75, 3.05) is 52.4 Å². The molecule has 3 N–H and O–H groups in total. The van der Waals surface area contributed by atoms with Crippen LogP contribution >= 0.6 is 0 Å². The minimum atomic E-state index is -0.818. The van der Waals surface area contributed by atoms with E-state index in [0.717, 1.165) is 19.4 Å². The van der Waals surface area contributed by atoms with Gasteiger partial charge in [0.15, 0.2) is 5.78 Å². The predicted molar refractivity (Wildman–Crippen MR) is 161 cm³/mol. The molecule has 0 atom stereocenters. The molecule has 0 saturated carbocycles. The molecule has 0 bridgehead atoms. The molecule has 0 aromatic rings. The van der Waals surface area contributed by atoms with Gasteiger partial charge in [-0.25, -0.2) is 9.59 Å². The van der Waals surface area contributed by atoms with Crippen LogP contribution in [0.25, 0.3) is 0 Å². The van der Waals surface area contributed by atoms with Gasteiger partial charge in [0.2, 0.25) is 0 Å². The normalized spacial score (nSPS) is 12.2. The molecule has 0 saturated heterocycles. The first-order valence-electron chi connectivity index (χ1n) is 14.9. The highest BCUT2D eigenvalue weighted by Gasteiger charge is 2.23. The van der Waals surface area contributed by atoms with E-state index >= 15 is 0 Å². The van der Waals surface area contributed by atoms with E-state index in [1.807, 2.05) is 62.3 Å². The van der Waals surface area contributed by atoms with Crippen LogP contribution in [-0.4, -0.2) is 102 Å². The zero-order valence-corrected chi connectivity index (χ0v) is 27.2. The number of carboxylic acids is 1. The Morgan fingerprint density at radius 1 is 0.683 bits per heavy atom.